The van der Waals surface area contributed by atoms with Crippen LogP contribution < -0.4 is 27.8 Å². The molecule has 1 unspecified atom stereocenters. The van der Waals surface area contributed by atoms with Crippen LogP contribution in [0.1, 0.15) is 13.8 Å². The molecule has 0 saturated carbocycles. The van der Waals surface area contributed by atoms with E-state index < -0.39 is 5.66 Å². The molecule has 7 nitrogen and oxygen atoms in total. The Morgan fingerprint density at radius 1 is 1.53 bits per heavy atom. The largest absolute Gasteiger partial charge is 0.462 e. The highest BCUT2D eigenvalue weighted by Crippen LogP contribution is 2.16. The minimum Gasteiger partial charge on any atom is -0.462 e. The second-order valence-corrected chi connectivity index (χ2v) is 3.40. The molecule has 0 radical (unpaired) electrons. The maximum atomic E-state index is 5.82. The second kappa shape index (κ2) is 4.37. The molecule has 8 N–H and O–H groups in total. The molecular weight excluding hydrogens is 196 g/mol. The molecule has 0 fully saturated rings. The van der Waals surface area contributed by atoms with E-state index in [2.05, 4.69) is 15.6 Å². The van der Waals surface area contributed by atoms with Crippen molar-refractivity contribution in [3.63, 3.8) is 0 Å². The van der Waals surface area contributed by atoms with Crippen molar-refractivity contribution < 1.29 is 4.74 Å². The molecule has 0 amide bonds. The molecule has 15 heavy (non-hydrogen) atoms. The normalized spacial score (nSPS) is 25.9. The van der Waals surface area contributed by atoms with Crippen molar-refractivity contribution in [1.82, 2.24) is 10.6 Å². The topological polar surface area (TPSA) is 124 Å². The minimum atomic E-state index is -1.02. The lowest BCUT2D eigenvalue weighted by Crippen LogP contribution is -2.51. The molecule has 7 heteroatoms. The molecule has 0 aliphatic carbocycles. The summed E-state index contributed by atoms with van der Waals surface area (Å²) in [7, 11) is 0. The lowest BCUT2D eigenvalue weighted by molar-refractivity contribution is 0.170. The van der Waals surface area contributed by atoms with Gasteiger partial charge in [-0.3, -0.25) is 10.6 Å². The van der Waals surface area contributed by atoms with Crippen LogP contribution in [0.2, 0.25) is 0 Å². The van der Waals surface area contributed by atoms with Gasteiger partial charge in [-0.05, 0) is 13.5 Å². The van der Waals surface area contributed by atoms with Gasteiger partial charge in [-0.1, -0.05) is 6.92 Å². The molecule has 1 aliphatic rings. The molecule has 1 atom stereocenters. The number of guanidine groups is 1. The molecular formula is C8H18N6O. The summed E-state index contributed by atoms with van der Waals surface area (Å²) in [5.41, 5.74) is 16.4. The monoisotopic (exact) mass is 214 g/mol. The van der Waals surface area contributed by atoms with Crippen molar-refractivity contribution in [1.29, 1.82) is 0 Å². The van der Waals surface area contributed by atoms with E-state index in [-0.39, 0.29) is 5.96 Å². The number of aliphatic imine (C=N–C) groups is 1. The SMILES string of the molecule is CCNCOC1=C(N)C(C)(N)N=C(N)N1. The fourth-order valence-electron chi connectivity index (χ4n) is 1.09. The number of nitrogens with zero attached hydrogens (tertiary/aromatic N) is 1. The Hall–Kier alpha value is -1.47. The van der Waals surface area contributed by atoms with Gasteiger partial charge in [-0.15, -0.1) is 0 Å². The lowest BCUT2D eigenvalue weighted by Gasteiger charge is -2.28. The van der Waals surface area contributed by atoms with E-state index in [1.54, 1.807) is 6.92 Å². The van der Waals surface area contributed by atoms with Crippen molar-refractivity contribution in [3.8, 4) is 0 Å². The van der Waals surface area contributed by atoms with Crippen LogP contribution in [0.25, 0.3) is 0 Å². The molecule has 1 rings (SSSR count). The summed E-state index contributed by atoms with van der Waals surface area (Å²) in [4.78, 5) is 3.95. The van der Waals surface area contributed by atoms with Crippen LogP contribution in [0.5, 0.6) is 0 Å². The third-order valence-corrected chi connectivity index (χ3v) is 1.95. The minimum absolute atomic E-state index is 0.195. The number of ether oxygens (including phenoxy) is 1. The average molecular weight is 214 g/mol. The van der Waals surface area contributed by atoms with Gasteiger partial charge in [0.25, 0.3) is 0 Å². The van der Waals surface area contributed by atoms with Gasteiger partial charge in [0, 0.05) is 0 Å². The van der Waals surface area contributed by atoms with Gasteiger partial charge in [0.2, 0.25) is 5.88 Å². The Labute approximate surface area is 88.7 Å². The smallest absolute Gasteiger partial charge is 0.218 e. The third-order valence-electron chi connectivity index (χ3n) is 1.95. The highest BCUT2D eigenvalue weighted by molar-refractivity contribution is 5.81. The number of nitrogens with one attached hydrogen (secondary N) is 2. The van der Waals surface area contributed by atoms with Crippen LogP contribution in [0.4, 0.5) is 0 Å². The maximum absolute atomic E-state index is 5.82. The van der Waals surface area contributed by atoms with Crippen LogP contribution in [0, 0.1) is 0 Å². The number of rotatable bonds is 4. The molecule has 0 aromatic carbocycles. The van der Waals surface area contributed by atoms with Crippen LogP contribution in [-0.4, -0.2) is 24.9 Å². The predicted molar refractivity (Wildman–Crippen MR) is 58.2 cm³/mol. The average Bonchev–Trinajstić information content (AvgIpc) is 2.13. The second-order valence-electron chi connectivity index (χ2n) is 3.40. The van der Waals surface area contributed by atoms with Gasteiger partial charge in [0.1, 0.15) is 12.4 Å². The van der Waals surface area contributed by atoms with Gasteiger partial charge in [-0.2, -0.15) is 0 Å². The summed E-state index contributed by atoms with van der Waals surface area (Å²) in [6.07, 6.45) is 0. The molecule has 1 aliphatic heterocycles. The molecule has 0 spiro atoms. The quantitative estimate of drug-likeness (QED) is 0.280. The Morgan fingerprint density at radius 3 is 2.80 bits per heavy atom. The maximum Gasteiger partial charge on any atom is 0.218 e. The zero-order chi connectivity index (χ0) is 11.5. The standard InChI is InChI=1S/C8H18N6O/c1-3-12-4-15-6-5(9)8(2,11)14-7(10)13-6/h12H,3-4,9,11H2,1-2H3,(H3,10,13,14). The summed E-state index contributed by atoms with van der Waals surface area (Å²) < 4.78 is 5.33. The first-order chi connectivity index (χ1) is 6.97. The van der Waals surface area contributed by atoms with Gasteiger partial charge in [0.15, 0.2) is 11.6 Å². The molecule has 0 aromatic rings. The number of hydrogen-bond donors (Lipinski definition) is 5. The molecule has 0 aromatic heterocycles. The van der Waals surface area contributed by atoms with E-state index in [1.807, 2.05) is 6.92 Å². The van der Waals surface area contributed by atoms with Crippen LogP contribution >= 0.6 is 0 Å². The number of nitrogens with two attached hydrogens (primary N) is 3. The summed E-state index contributed by atoms with van der Waals surface area (Å²) in [6, 6.07) is 0. The summed E-state index contributed by atoms with van der Waals surface area (Å²) in [6.45, 7) is 4.77. The fourth-order valence-corrected chi connectivity index (χ4v) is 1.09. The van der Waals surface area contributed by atoms with Gasteiger partial charge >= 0.3 is 0 Å². The predicted octanol–water partition coefficient (Wildman–Crippen LogP) is -1.71. The van der Waals surface area contributed by atoms with Crippen LogP contribution in [-0.2, 0) is 4.74 Å². The Kier molecular flexibility index (Phi) is 3.38. The van der Waals surface area contributed by atoms with Crippen molar-refractivity contribution in [2.75, 3.05) is 13.3 Å². The Bertz CT molecular complexity index is 296. The van der Waals surface area contributed by atoms with Gasteiger partial charge in [-0.25, -0.2) is 4.99 Å². The first-order valence-electron chi connectivity index (χ1n) is 4.72. The van der Waals surface area contributed by atoms with Crippen molar-refractivity contribution >= 4 is 5.96 Å². The summed E-state index contributed by atoms with van der Waals surface area (Å²) in [5, 5.41) is 5.71. The first-order valence-corrected chi connectivity index (χ1v) is 4.72. The van der Waals surface area contributed by atoms with E-state index in [1.165, 1.54) is 0 Å². The Morgan fingerprint density at radius 2 is 2.20 bits per heavy atom. The van der Waals surface area contributed by atoms with Gasteiger partial charge in [0.05, 0.1) is 0 Å². The zero-order valence-electron chi connectivity index (χ0n) is 9.00. The molecule has 0 bridgehead atoms. The molecule has 0 saturated heterocycles. The Balaban J connectivity index is 2.70. The third kappa shape index (κ3) is 2.74. The van der Waals surface area contributed by atoms with E-state index in [9.17, 15) is 0 Å². The van der Waals surface area contributed by atoms with E-state index in [0.29, 0.717) is 18.3 Å². The van der Waals surface area contributed by atoms with E-state index in [4.69, 9.17) is 21.9 Å². The van der Waals surface area contributed by atoms with Crippen LogP contribution in [0.15, 0.2) is 16.6 Å². The summed E-state index contributed by atoms with van der Waals surface area (Å²) >= 11 is 0. The highest BCUT2D eigenvalue weighted by atomic mass is 16.5. The number of hydrogen-bond acceptors (Lipinski definition) is 7. The van der Waals surface area contributed by atoms with Crippen molar-refractivity contribution in [2.45, 2.75) is 19.5 Å². The lowest BCUT2D eigenvalue weighted by atomic mass is 10.1. The highest BCUT2D eigenvalue weighted by Gasteiger charge is 2.30. The fraction of sp³-hybridized carbons (Fsp3) is 0.625. The molecule has 86 valence electrons. The van der Waals surface area contributed by atoms with E-state index in [0.717, 1.165) is 6.54 Å². The summed E-state index contributed by atoms with van der Waals surface area (Å²) in [5.74, 6) is 0.550. The first kappa shape index (κ1) is 11.6. The van der Waals surface area contributed by atoms with E-state index >= 15 is 0 Å². The molecule has 1 heterocycles. The van der Waals surface area contributed by atoms with Crippen LogP contribution in [0.3, 0.4) is 0 Å². The van der Waals surface area contributed by atoms with Crippen molar-refractivity contribution in [3.05, 3.63) is 11.6 Å². The zero-order valence-corrected chi connectivity index (χ0v) is 9.00. The van der Waals surface area contributed by atoms with Crippen molar-refractivity contribution in [2.24, 2.45) is 22.2 Å². The van der Waals surface area contributed by atoms with Gasteiger partial charge < -0.3 is 21.9 Å².